The smallest absolute Gasteiger partial charge is 0.251 e. The minimum atomic E-state index is -3.29. The predicted octanol–water partition coefficient (Wildman–Crippen LogP) is 0.735. The van der Waals surface area contributed by atoms with E-state index in [0.29, 0.717) is 5.56 Å². The molecule has 2 amide bonds. The maximum Gasteiger partial charge on any atom is 0.251 e. The lowest BCUT2D eigenvalue weighted by Crippen LogP contribution is -2.45. The summed E-state index contributed by atoms with van der Waals surface area (Å²) in [7, 11) is -3.29. The second-order valence-electron chi connectivity index (χ2n) is 5.78. The van der Waals surface area contributed by atoms with E-state index in [2.05, 4.69) is 10.6 Å². The van der Waals surface area contributed by atoms with Gasteiger partial charge in [-0.15, -0.1) is 0 Å². The third kappa shape index (κ3) is 5.95. The Morgan fingerprint density at radius 1 is 1.10 bits per heavy atom. The van der Waals surface area contributed by atoms with E-state index in [1.165, 1.54) is 24.3 Å². The van der Waals surface area contributed by atoms with Gasteiger partial charge in [0.05, 0.1) is 11.4 Å². The van der Waals surface area contributed by atoms with E-state index in [1.54, 1.807) is 0 Å². The van der Waals surface area contributed by atoms with Gasteiger partial charge in [0.1, 0.15) is 0 Å². The molecule has 0 atom stereocenters. The molecule has 0 radical (unpaired) electrons. The van der Waals surface area contributed by atoms with Gasteiger partial charge < -0.3 is 10.6 Å². The molecule has 21 heavy (non-hydrogen) atoms. The van der Waals surface area contributed by atoms with Gasteiger partial charge in [-0.25, -0.2) is 8.42 Å². The molecule has 6 nitrogen and oxygen atoms in total. The molecular weight excluding hydrogens is 292 g/mol. The van der Waals surface area contributed by atoms with Gasteiger partial charge in [0.15, 0.2) is 9.84 Å². The Labute approximate surface area is 124 Å². The maximum absolute atomic E-state index is 11.8. The van der Waals surface area contributed by atoms with Crippen LogP contribution in [0.5, 0.6) is 0 Å². The lowest BCUT2D eigenvalue weighted by molar-refractivity contribution is -0.121. The van der Waals surface area contributed by atoms with Crippen molar-refractivity contribution in [3.63, 3.8) is 0 Å². The predicted molar refractivity (Wildman–Crippen MR) is 79.8 cm³/mol. The number of hydrogen-bond donors (Lipinski definition) is 2. The molecular formula is C14H20N2O4S. The van der Waals surface area contributed by atoms with Crippen molar-refractivity contribution in [2.24, 2.45) is 0 Å². The van der Waals surface area contributed by atoms with E-state index in [-0.39, 0.29) is 22.9 Å². The number of carbonyl (C=O) groups is 2. The van der Waals surface area contributed by atoms with Crippen LogP contribution < -0.4 is 10.6 Å². The Hall–Kier alpha value is -1.89. The van der Waals surface area contributed by atoms with E-state index in [4.69, 9.17) is 0 Å². The Morgan fingerprint density at radius 3 is 2.05 bits per heavy atom. The molecule has 1 rings (SSSR count). The molecule has 0 aromatic heterocycles. The highest BCUT2D eigenvalue weighted by Crippen LogP contribution is 2.10. The Bertz CT molecular complexity index is 628. The van der Waals surface area contributed by atoms with Crippen LogP contribution in [-0.2, 0) is 14.6 Å². The van der Waals surface area contributed by atoms with E-state index in [1.807, 2.05) is 20.8 Å². The molecule has 0 aliphatic heterocycles. The molecule has 0 saturated heterocycles. The van der Waals surface area contributed by atoms with Crippen molar-refractivity contribution in [3.8, 4) is 0 Å². The molecule has 7 heteroatoms. The van der Waals surface area contributed by atoms with Crippen LogP contribution in [0.25, 0.3) is 0 Å². The average Bonchev–Trinajstić information content (AvgIpc) is 2.33. The van der Waals surface area contributed by atoms with Crippen molar-refractivity contribution >= 4 is 21.7 Å². The largest absolute Gasteiger partial charge is 0.350 e. The number of sulfone groups is 1. The summed E-state index contributed by atoms with van der Waals surface area (Å²) >= 11 is 0. The highest BCUT2D eigenvalue weighted by Gasteiger charge is 2.15. The Balaban J connectivity index is 2.63. The van der Waals surface area contributed by atoms with Crippen molar-refractivity contribution in [2.75, 3.05) is 12.8 Å². The third-order valence-corrected chi connectivity index (χ3v) is 3.60. The molecule has 1 aromatic carbocycles. The molecule has 0 bridgehead atoms. The molecule has 0 spiro atoms. The van der Waals surface area contributed by atoms with Crippen LogP contribution in [0.3, 0.4) is 0 Å². The van der Waals surface area contributed by atoms with Crippen molar-refractivity contribution in [1.29, 1.82) is 0 Å². The first-order valence-electron chi connectivity index (χ1n) is 6.38. The lowest BCUT2D eigenvalue weighted by atomic mass is 10.1. The van der Waals surface area contributed by atoms with Gasteiger partial charge in [-0.05, 0) is 45.0 Å². The standard InChI is InChI=1S/C14H20N2O4S/c1-14(2,3)16-12(17)9-15-13(18)10-5-7-11(8-6-10)21(4,19)20/h5-8H,9H2,1-4H3,(H,15,18)(H,16,17). The molecule has 0 heterocycles. The van der Waals surface area contributed by atoms with E-state index in [9.17, 15) is 18.0 Å². The second-order valence-corrected chi connectivity index (χ2v) is 7.79. The zero-order chi connectivity index (χ0) is 16.3. The van der Waals surface area contributed by atoms with Crippen LogP contribution in [0.15, 0.2) is 29.2 Å². The zero-order valence-electron chi connectivity index (χ0n) is 12.6. The Morgan fingerprint density at radius 2 is 1.62 bits per heavy atom. The van der Waals surface area contributed by atoms with Gasteiger partial charge in [-0.3, -0.25) is 9.59 Å². The summed E-state index contributed by atoms with van der Waals surface area (Å²) in [6.45, 7) is 5.40. The first kappa shape index (κ1) is 17.2. The van der Waals surface area contributed by atoms with Gasteiger partial charge in [-0.2, -0.15) is 0 Å². The SMILES string of the molecule is CC(C)(C)NC(=O)CNC(=O)c1ccc(S(C)(=O)=O)cc1. The average molecular weight is 312 g/mol. The summed E-state index contributed by atoms with van der Waals surface area (Å²) < 4.78 is 22.6. The van der Waals surface area contributed by atoms with Crippen LogP contribution in [0.1, 0.15) is 31.1 Å². The van der Waals surface area contributed by atoms with Gasteiger partial charge in [0.2, 0.25) is 5.91 Å². The van der Waals surface area contributed by atoms with Gasteiger partial charge in [-0.1, -0.05) is 0 Å². The van der Waals surface area contributed by atoms with Crippen LogP contribution in [-0.4, -0.2) is 38.6 Å². The molecule has 1 aromatic rings. The lowest BCUT2D eigenvalue weighted by Gasteiger charge is -2.20. The Kier molecular flexibility index (Phi) is 5.11. The number of nitrogens with one attached hydrogen (secondary N) is 2. The molecule has 0 aliphatic rings. The fourth-order valence-corrected chi connectivity index (χ4v) is 2.21. The molecule has 0 saturated carbocycles. The molecule has 0 aliphatic carbocycles. The number of benzene rings is 1. The minimum absolute atomic E-state index is 0.135. The van der Waals surface area contributed by atoms with E-state index < -0.39 is 15.7 Å². The van der Waals surface area contributed by atoms with Crippen LogP contribution in [0.4, 0.5) is 0 Å². The monoisotopic (exact) mass is 312 g/mol. The fraction of sp³-hybridized carbons (Fsp3) is 0.429. The summed E-state index contributed by atoms with van der Waals surface area (Å²) in [6.07, 6.45) is 1.10. The van der Waals surface area contributed by atoms with Gasteiger partial charge >= 0.3 is 0 Å². The first-order valence-corrected chi connectivity index (χ1v) is 8.27. The second kappa shape index (κ2) is 6.26. The van der Waals surface area contributed by atoms with Gasteiger partial charge in [0.25, 0.3) is 5.91 Å². The quantitative estimate of drug-likeness (QED) is 0.857. The van der Waals surface area contributed by atoms with Crippen LogP contribution >= 0.6 is 0 Å². The summed E-state index contributed by atoms with van der Waals surface area (Å²) in [5.41, 5.74) is -0.0650. The van der Waals surface area contributed by atoms with Crippen molar-refractivity contribution < 1.29 is 18.0 Å². The molecule has 116 valence electrons. The summed E-state index contributed by atoms with van der Waals surface area (Å²) in [4.78, 5) is 23.6. The van der Waals surface area contributed by atoms with Crippen molar-refractivity contribution in [1.82, 2.24) is 10.6 Å². The molecule has 0 fully saturated rings. The summed E-state index contributed by atoms with van der Waals surface area (Å²) in [5, 5.41) is 5.20. The highest BCUT2D eigenvalue weighted by atomic mass is 32.2. The van der Waals surface area contributed by atoms with E-state index >= 15 is 0 Å². The van der Waals surface area contributed by atoms with Gasteiger partial charge in [0, 0.05) is 17.4 Å². The third-order valence-electron chi connectivity index (χ3n) is 2.47. The highest BCUT2D eigenvalue weighted by molar-refractivity contribution is 7.90. The van der Waals surface area contributed by atoms with Crippen LogP contribution in [0, 0.1) is 0 Å². The molecule has 2 N–H and O–H groups in total. The topological polar surface area (TPSA) is 92.3 Å². The number of hydrogen-bond acceptors (Lipinski definition) is 4. The number of carbonyl (C=O) groups excluding carboxylic acids is 2. The van der Waals surface area contributed by atoms with Crippen molar-refractivity contribution in [2.45, 2.75) is 31.2 Å². The fourth-order valence-electron chi connectivity index (χ4n) is 1.58. The minimum Gasteiger partial charge on any atom is -0.350 e. The molecule has 0 unspecified atom stereocenters. The van der Waals surface area contributed by atoms with E-state index in [0.717, 1.165) is 6.26 Å². The number of rotatable bonds is 4. The normalized spacial score (nSPS) is 11.8. The first-order chi connectivity index (χ1) is 9.49. The zero-order valence-corrected chi connectivity index (χ0v) is 13.4. The van der Waals surface area contributed by atoms with Crippen molar-refractivity contribution in [3.05, 3.63) is 29.8 Å². The maximum atomic E-state index is 11.8. The summed E-state index contributed by atoms with van der Waals surface area (Å²) in [6, 6.07) is 5.54. The van der Waals surface area contributed by atoms with Crippen LogP contribution in [0.2, 0.25) is 0 Å². The summed E-state index contributed by atoms with van der Waals surface area (Å²) in [5.74, 6) is -0.720. The number of amides is 2.